The van der Waals surface area contributed by atoms with E-state index in [0.29, 0.717) is 38.3 Å². The van der Waals surface area contributed by atoms with Gasteiger partial charge in [0, 0.05) is 49.6 Å². The Hall–Kier alpha value is -2.64. The number of rotatable bonds is 3. The highest BCUT2D eigenvalue weighted by atomic mass is 19.4. The Morgan fingerprint density at radius 3 is 2.68 bits per heavy atom. The third-order valence-electron chi connectivity index (χ3n) is 6.82. The molecule has 0 radical (unpaired) electrons. The van der Waals surface area contributed by atoms with Crippen LogP contribution in [-0.4, -0.2) is 33.9 Å². The molecule has 2 aromatic rings. The van der Waals surface area contributed by atoms with E-state index in [1.165, 1.54) is 41.4 Å². The first kappa shape index (κ1) is 20.3. The normalized spacial score (nSPS) is 18.6. The van der Waals surface area contributed by atoms with Crippen molar-refractivity contribution in [3.05, 3.63) is 52.1 Å². The Morgan fingerprint density at radius 1 is 1.13 bits per heavy atom. The van der Waals surface area contributed by atoms with Gasteiger partial charge in [-0.2, -0.15) is 13.2 Å². The van der Waals surface area contributed by atoms with Crippen molar-refractivity contribution >= 4 is 11.6 Å². The predicted octanol–water partition coefficient (Wildman–Crippen LogP) is 4.05. The van der Waals surface area contributed by atoms with Crippen molar-refractivity contribution in [2.75, 3.05) is 18.0 Å². The molecule has 31 heavy (non-hydrogen) atoms. The van der Waals surface area contributed by atoms with E-state index in [1.54, 1.807) is 6.07 Å². The molecule has 4 heterocycles. The van der Waals surface area contributed by atoms with E-state index in [2.05, 4.69) is 11.9 Å². The largest absolute Gasteiger partial charge is 0.433 e. The molecule has 0 unspecified atom stereocenters. The van der Waals surface area contributed by atoms with Gasteiger partial charge in [0.25, 0.3) is 0 Å². The summed E-state index contributed by atoms with van der Waals surface area (Å²) < 4.78 is 38.6. The Balaban J connectivity index is 1.19. The number of pyridine rings is 2. The van der Waals surface area contributed by atoms with Gasteiger partial charge in [-0.3, -0.25) is 14.8 Å². The topological polar surface area (TPSA) is 49.3 Å². The lowest BCUT2D eigenvalue weighted by Gasteiger charge is -2.41. The van der Waals surface area contributed by atoms with Crippen LogP contribution in [0.1, 0.15) is 53.0 Å². The number of halogens is 3. The molecule has 5 rings (SSSR count). The number of alkyl halides is 3. The second-order valence-corrected chi connectivity index (χ2v) is 8.92. The van der Waals surface area contributed by atoms with Gasteiger partial charge in [0.2, 0.25) is 5.91 Å². The lowest BCUT2D eigenvalue weighted by atomic mass is 9.90. The number of aromatic nitrogens is 2. The van der Waals surface area contributed by atoms with Crippen molar-refractivity contribution < 1.29 is 18.0 Å². The molecule has 1 saturated heterocycles. The number of carbonyl (C=O) groups is 1. The maximum Gasteiger partial charge on any atom is 0.433 e. The third kappa shape index (κ3) is 3.77. The van der Waals surface area contributed by atoms with Crippen LogP contribution in [0.25, 0.3) is 0 Å². The molecule has 0 bridgehead atoms. The zero-order chi connectivity index (χ0) is 21.8. The summed E-state index contributed by atoms with van der Waals surface area (Å²) in [5.41, 5.74) is 5.77. The van der Waals surface area contributed by atoms with Gasteiger partial charge in [-0.15, -0.1) is 0 Å². The molecule has 2 aliphatic heterocycles. The first-order valence-electron chi connectivity index (χ1n) is 10.9. The van der Waals surface area contributed by atoms with E-state index in [9.17, 15) is 18.0 Å². The van der Waals surface area contributed by atoms with E-state index in [1.807, 2.05) is 9.80 Å². The van der Waals surface area contributed by atoms with E-state index in [4.69, 9.17) is 4.98 Å². The Kier molecular flexibility index (Phi) is 4.90. The van der Waals surface area contributed by atoms with Crippen molar-refractivity contribution in [1.82, 2.24) is 14.9 Å². The van der Waals surface area contributed by atoms with Gasteiger partial charge in [0.1, 0.15) is 5.69 Å². The second kappa shape index (κ2) is 7.50. The first-order chi connectivity index (χ1) is 14.8. The van der Waals surface area contributed by atoms with Crippen LogP contribution in [0.5, 0.6) is 0 Å². The van der Waals surface area contributed by atoms with Crippen molar-refractivity contribution in [1.29, 1.82) is 0 Å². The van der Waals surface area contributed by atoms with Gasteiger partial charge in [0.15, 0.2) is 0 Å². The third-order valence-corrected chi connectivity index (χ3v) is 6.82. The number of amides is 1. The highest BCUT2D eigenvalue weighted by molar-refractivity contribution is 5.77. The maximum absolute atomic E-state index is 12.9. The van der Waals surface area contributed by atoms with Crippen LogP contribution in [0.2, 0.25) is 0 Å². The van der Waals surface area contributed by atoms with Crippen LogP contribution in [0, 0.1) is 12.8 Å². The summed E-state index contributed by atoms with van der Waals surface area (Å²) in [6, 6.07) is 2.66. The van der Waals surface area contributed by atoms with E-state index < -0.39 is 11.9 Å². The number of fused-ring (bicyclic) bond motifs is 2. The van der Waals surface area contributed by atoms with Crippen LogP contribution in [0.4, 0.5) is 18.9 Å². The van der Waals surface area contributed by atoms with Crippen LogP contribution < -0.4 is 4.90 Å². The molecule has 0 atom stereocenters. The fourth-order valence-electron chi connectivity index (χ4n) is 5.05. The van der Waals surface area contributed by atoms with E-state index in [-0.39, 0.29) is 11.8 Å². The summed E-state index contributed by atoms with van der Waals surface area (Å²) in [7, 11) is 0. The van der Waals surface area contributed by atoms with Gasteiger partial charge in [-0.1, -0.05) is 0 Å². The minimum absolute atomic E-state index is 0.103. The fraction of sp³-hybridized carbons (Fsp3) is 0.522. The lowest BCUT2D eigenvalue weighted by molar-refractivity contribution is -0.141. The predicted molar refractivity (Wildman–Crippen MR) is 109 cm³/mol. The summed E-state index contributed by atoms with van der Waals surface area (Å²) in [5, 5.41) is 0. The van der Waals surface area contributed by atoms with Gasteiger partial charge < -0.3 is 9.80 Å². The zero-order valence-corrected chi connectivity index (χ0v) is 17.5. The molecule has 0 saturated carbocycles. The minimum atomic E-state index is -4.45. The molecular formula is C23H25F3N4O. The number of nitrogens with zero attached hydrogens (tertiary/aromatic N) is 4. The minimum Gasteiger partial charge on any atom is -0.371 e. The lowest BCUT2D eigenvalue weighted by Crippen LogP contribution is -2.48. The molecule has 3 aliphatic rings. The molecule has 8 heteroatoms. The Labute approximate surface area is 179 Å². The highest BCUT2D eigenvalue weighted by Gasteiger charge is 2.36. The van der Waals surface area contributed by atoms with Gasteiger partial charge in [-0.05, 0) is 61.4 Å². The smallest absolute Gasteiger partial charge is 0.371 e. The monoisotopic (exact) mass is 430 g/mol. The van der Waals surface area contributed by atoms with Crippen molar-refractivity contribution in [3.8, 4) is 0 Å². The number of hydrogen-bond donors (Lipinski definition) is 0. The Morgan fingerprint density at radius 2 is 1.90 bits per heavy atom. The van der Waals surface area contributed by atoms with Gasteiger partial charge in [0.05, 0.1) is 12.2 Å². The number of aryl methyl sites for hydroxylation is 1. The summed E-state index contributed by atoms with van der Waals surface area (Å²) >= 11 is 0. The number of carbonyl (C=O) groups excluding carboxylic acids is 1. The molecule has 1 fully saturated rings. The zero-order valence-electron chi connectivity index (χ0n) is 17.5. The van der Waals surface area contributed by atoms with E-state index >= 15 is 0 Å². The summed E-state index contributed by atoms with van der Waals surface area (Å²) in [6.07, 6.45) is 1.65. The molecule has 0 N–H and O–H groups in total. The average molecular weight is 430 g/mol. The molecule has 164 valence electrons. The summed E-state index contributed by atoms with van der Waals surface area (Å²) in [5.74, 6) is 0.256. The van der Waals surface area contributed by atoms with E-state index in [0.717, 1.165) is 24.6 Å². The SMILES string of the molecule is Cc1c2c(nc3c1CN(C(=O)CC1CN(c4ccnc(C(F)(F)F)c4)C1)C3)CCCC2. The molecule has 1 amide bonds. The summed E-state index contributed by atoms with van der Waals surface area (Å²) in [6.45, 7) is 4.51. The molecule has 2 aromatic heterocycles. The van der Waals surface area contributed by atoms with Crippen molar-refractivity contribution in [3.63, 3.8) is 0 Å². The van der Waals surface area contributed by atoms with Crippen LogP contribution in [-0.2, 0) is 36.9 Å². The molecule has 5 nitrogen and oxygen atoms in total. The fourth-order valence-corrected chi connectivity index (χ4v) is 5.05. The molecule has 1 aliphatic carbocycles. The van der Waals surface area contributed by atoms with Crippen LogP contribution in [0.15, 0.2) is 18.3 Å². The number of hydrogen-bond acceptors (Lipinski definition) is 4. The van der Waals surface area contributed by atoms with Gasteiger partial charge in [-0.25, -0.2) is 0 Å². The summed E-state index contributed by atoms with van der Waals surface area (Å²) in [4.78, 5) is 24.9. The standard InChI is InChI=1S/C23H25F3N4O/c1-14-17-4-2-3-5-19(17)28-20-13-30(12-18(14)20)22(31)8-15-10-29(11-15)16-6-7-27-21(9-16)23(24,25)26/h6-7,9,15H,2-5,8,10-13H2,1H3. The molecule has 0 spiro atoms. The average Bonchev–Trinajstić information content (AvgIpc) is 3.14. The maximum atomic E-state index is 12.9. The van der Waals surface area contributed by atoms with Crippen LogP contribution >= 0.6 is 0 Å². The quantitative estimate of drug-likeness (QED) is 0.737. The second-order valence-electron chi connectivity index (χ2n) is 8.92. The van der Waals surface area contributed by atoms with Crippen molar-refractivity contribution in [2.24, 2.45) is 5.92 Å². The van der Waals surface area contributed by atoms with Crippen molar-refractivity contribution in [2.45, 2.75) is 58.3 Å². The highest BCUT2D eigenvalue weighted by Crippen LogP contribution is 2.35. The van der Waals surface area contributed by atoms with Gasteiger partial charge >= 0.3 is 6.18 Å². The molecule has 0 aromatic carbocycles. The molecular weight excluding hydrogens is 405 g/mol. The Bertz CT molecular complexity index is 1030. The first-order valence-corrected chi connectivity index (χ1v) is 10.9. The number of anilines is 1. The van der Waals surface area contributed by atoms with Crippen LogP contribution in [0.3, 0.4) is 0 Å².